The maximum Gasteiger partial charge on any atom is 0.337 e. The predicted octanol–water partition coefficient (Wildman–Crippen LogP) is 6.16. The molecule has 9 nitrogen and oxygen atoms in total. The number of rotatable bonds is 12. The lowest BCUT2D eigenvalue weighted by Crippen LogP contribution is -2.39. The number of benzene rings is 3. The van der Waals surface area contributed by atoms with Crippen LogP contribution in [-0.2, 0) is 16.1 Å². The first kappa shape index (κ1) is 33.7. The number of hydrogen-bond acceptors (Lipinski definition) is 9. The zero-order valence-corrected chi connectivity index (χ0v) is 30.2. The van der Waals surface area contributed by atoms with Gasteiger partial charge in [0.2, 0.25) is 0 Å². The van der Waals surface area contributed by atoms with Gasteiger partial charge in [0.1, 0.15) is 6.61 Å². The Labute approximate surface area is 292 Å². The van der Waals surface area contributed by atoms with E-state index in [1.54, 1.807) is 18.2 Å². The minimum absolute atomic E-state index is 0.226. The summed E-state index contributed by atoms with van der Waals surface area (Å²) in [6.07, 6.45) is 3.24. The highest BCUT2D eigenvalue weighted by Crippen LogP contribution is 2.38. The zero-order valence-electron chi connectivity index (χ0n) is 25.7. The molecule has 0 fully saturated rings. The third-order valence-corrected chi connectivity index (χ3v) is 9.24. The lowest BCUT2D eigenvalue weighted by Gasteiger charge is -2.23. The first-order valence-electron chi connectivity index (χ1n) is 14.6. The van der Waals surface area contributed by atoms with E-state index >= 15 is 0 Å². The van der Waals surface area contributed by atoms with Gasteiger partial charge in [0.15, 0.2) is 27.8 Å². The van der Waals surface area contributed by atoms with Crippen LogP contribution in [0.15, 0.2) is 80.6 Å². The summed E-state index contributed by atoms with van der Waals surface area (Å²) in [5.41, 5.74) is 2.34. The summed E-state index contributed by atoms with van der Waals surface area (Å²) in [4.78, 5) is 31.9. The Morgan fingerprint density at radius 1 is 0.957 bits per heavy atom. The normalized spacial score (nSPS) is 14.2. The molecule has 5 rings (SSSR count). The van der Waals surface area contributed by atoms with E-state index in [0.29, 0.717) is 68.8 Å². The molecule has 0 saturated carbocycles. The van der Waals surface area contributed by atoms with Crippen molar-refractivity contribution in [3.8, 4) is 23.0 Å². The molecule has 0 aliphatic carbocycles. The highest BCUT2D eigenvalue weighted by Gasteiger charge is 2.31. The predicted molar refractivity (Wildman–Crippen MR) is 189 cm³/mol. The van der Waals surface area contributed by atoms with Crippen molar-refractivity contribution in [1.29, 1.82) is 0 Å². The first-order chi connectivity index (χ1) is 22.3. The minimum Gasteiger partial charge on any atom is -0.490 e. The van der Waals surface area contributed by atoms with Gasteiger partial charge in [0, 0.05) is 9.77 Å². The standard InChI is InChI=1S/C34H32BrIN2O7S/c1-5-42-26-13-10-22(17-27(26)43-6-2)30-24(33(40)41-4)18-37-34-38(30)32(39)29(46-34)16-21-14-25(35)31(28(15-21)44-7-3)45-19-20-8-11-23(36)12-9-20/h8-18,30H,5-7,19H2,1-4H3/b29-16-/t30-/m0/s1. The molecule has 1 aromatic heterocycles. The molecule has 3 aromatic carbocycles. The Bertz CT molecular complexity index is 1950. The van der Waals surface area contributed by atoms with Gasteiger partial charge in [-0.25, -0.2) is 9.79 Å². The smallest absolute Gasteiger partial charge is 0.337 e. The van der Waals surface area contributed by atoms with Crippen LogP contribution in [-0.4, -0.2) is 37.5 Å². The van der Waals surface area contributed by atoms with Gasteiger partial charge < -0.3 is 23.7 Å². The summed E-state index contributed by atoms with van der Waals surface area (Å²) in [6, 6.07) is 16.4. The number of methoxy groups -OCH3 is 1. The number of esters is 1. The van der Waals surface area contributed by atoms with E-state index in [1.165, 1.54) is 29.2 Å². The van der Waals surface area contributed by atoms with Gasteiger partial charge in [-0.05, 0) is 118 Å². The van der Waals surface area contributed by atoms with Crippen molar-refractivity contribution in [2.45, 2.75) is 33.4 Å². The number of halogens is 2. The molecule has 0 N–H and O–H groups in total. The number of thiazole rings is 1. The molecule has 0 amide bonds. The molecule has 4 aromatic rings. The van der Waals surface area contributed by atoms with E-state index in [9.17, 15) is 9.59 Å². The van der Waals surface area contributed by atoms with Gasteiger partial charge in [-0.15, -0.1) is 0 Å². The summed E-state index contributed by atoms with van der Waals surface area (Å²) < 4.78 is 32.5. The van der Waals surface area contributed by atoms with Gasteiger partial charge in [-0.3, -0.25) is 9.36 Å². The lowest BCUT2D eigenvalue weighted by atomic mass is 9.97. The Kier molecular flexibility index (Phi) is 11.2. The average molecular weight is 820 g/mol. The number of aromatic nitrogens is 1. The molecule has 2 heterocycles. The third-order valence-electron chi connectivity index (χ3n) is 6.93. The Balaban J connectivity index is 1.57. The Hall–Kier alpha value is -3.62. The van der Waals surface area contributed by atoms with Crippen molar-refractivity contribution in [2.24, 2.45) is 4.99 Å². The van der Waals surface area contributed by atoms with Crippen LogP contribution in [0.2, 0.25) is 0 Å². The van der Waals surface area contributed by atoms with Crippen molar-refractivity contribution in [2.75, 3.05) is 26.9 Å². The second-order valence-corrected chi connectivity index (χ2v) is 13.0. The topological polar surface area (TPSA) is 97.6 Å². The first-order valence-corrected chi connectivity index (χ1v) is 17.3. The highest BCUT2D eigenvalue weighted by molar-refractivity contribution is 14.1. The summed E-state index contributed by atoms with van der Waals surface area (Å²) in [6.45, 7) is 7.35. The molecule has 0 saturated heterocycles. The highest BCUT2D eigenvalue weighted by atomic mass is 127. The zero-order chi connectivity index (χ0) is 32.8. The van der Waals surface area contributed by atoms with Crippen molar-refractivity contribution >= 4 is 61.9 Å². The molecule has 46 heavy (non-hydrogen) atoms. The third kappa shape index (κ3) is 7.34. The maximum atomic E-state index is 14.1. The number of ether oxygens (including phenoxy) is 5. The van der Waals surface area contributed by atoms with Gasteiger partial charge in [-0.2, -0.15) is 0 Å². The van der Waals surface area contributed by atoms with Crippen LogP contribution in [0, 0.1) is 3.57 Å². The van der Waals surface area contributed by atoms with Crippen molar-refractivity contribution in [3.05, 3.63) is 111 Å². The van der Waals surface area contributed by atoms with E-state index in [2.05, 4.69) is 43.5 Å². The van der Waals surface area contributed by atoms with Gasteiger partial charge >= 0.3 is 5.97 Å². The second kappa shape index (κ2) is 15.3. The number of nitrogens with zero attached hydrogens (tertiary/aromatic N) is 2. The molecule has 0 radical (unpaired) electrons. The summed E-state index contributed by atoms with van der Waals surface area (Å²) in [7, 11) is 1.30. The fourth-order valence-electron chi connectivity index (χ4n) is 4.95. The quantitative estimate of drug-likeness (QED) is 0.125. The van der Waals surface area contributed by atoms with Crippen molar-refractivity contribution < 1.29 is 28.5 Å². The van der Waals surface area contributed by atoms with E-state index in [0.717, 1.165) is 14.7 Å². The van der Waals surface area contributed by atoms with Crippen LogP contribution < -0.4 is 33.8 Å². The molecule has 0 unspecified atom stereocenters. The fraction of sp³-hybridized carbons (Fsp3) is 0.265. The molecule has 12 heteroatoms. The van der Waals surface area contributed by atoms with E-state index in [-0.39, 0.29) is 11.1 Å². The monoisotopic (exact) mass is 818 g/mol. The van der Waals surface area contributed by atoms with Crippen LogP contribution >= 0.6 is 49.9 Å². The molecule has 240 valence electrons. The molecule has 1 aliphatic rings. The lowest BCUT2D eigenvalue weighted by molar-refractivity contribution is -0.136. The number of fused-ring (bicyclic) bond motifs is 1. The summed E-state index contributed by atoms with van der Waals surface area (Å²) >= 11 is 7.14. The number of carbonyl (C=O) groups is 1. The molecule has 0 spiro atoms. The Morgan fingerprint density at radius 3 is 2.35 bits per heavy atom. The van der Waals surface area contributed by atoms with Crippen LogP contribution in [0.4, 0.5) is 0 Å². The fourth-order valence-corrected chi connectivity index (χ4v) is 6.85. The van der Waals surface area contributed by atoms with E-state index in [1.807, 2.05) is 63.2 Å². The second-order valence-electron chi connectivity index (χ2n) is 9.93. The molecule has 1 atom stereocenters. The van der Waals surface area contributed by atoms with Crippen molar-refractivity contribution in [3.63, 3.8) is 0 Å². The Morgan fingerprint density at radius 2 is 1.65 bits per heavy atom. The molecule has 0 bridgehead atoms. The van der Waals surface area contributed by atoms with Crippen LogP contribution in [0.3, 0.4) is 0 Å². The SMILES string of the molecule is CCOc1ccc([C@H]2C(C(=O)OC)=CN=c3s/c(=C\c4cc(Br)c(OCc5ccc(I)cc5)c(OCC)c4)c(=O)n32)cc1OCC. The maximum absolute atomic E-state index is 14.1. The van der Waals surface area contributed by atoms with E-state index in [4.69, 9.17) is 23.7 Å². The van der Waals surface area contributed by atoms with Crippen LogP contribution in [0.5, 0.6) is 23.0 Å². The summed E-state index contributed by atoms with van der Waals surface area (Å²) in [5.74, 6) is 1.63. The van der Waals surface area contributed by atoms with Crippen LogP contribution in [0.25, 0.3) is 6.08 Å². The summed E-state index contributed by atoms with van der Waals surface area (Å²) in [5, 5.41) is 0. The molecular formula is C34H32BrIN2O7S. The van der Waals surface area contributed by atoms with Crippen molar-refractivity contribution in [1.82, 2.24) is 4.57 Å². The average Bonchev–Trinajstić information content (AvgIpc) is 3.36. The van der Waals surface area contributed by atoms with Crippen LogP contribution in [0.1, 0.15) is 43.5 Å². The molecular weight excluding hydrogens is 787 g/mol. The van der Waals surface area contributed by atoms with Gasteiger partial charge in [0.05, 0.1) is 47.6 Å². The van der Waals surface area contributed by atoms with Gasteiger partial charge in [0.25, 0.3) is 5.56 Å². The molecule has 1 aliphatic heterocycles. The van der Waals surface area contributed by atoms with E-state index < -0.39 is 12.0 Å². The van der Waals surface area contributed by atoms with Gasteiger partial charge in [-0.1, -0.05) is 29.5 Å². The number of hydrogen-bond donors (Lipinski definition) is 0. The number of carbonyl (C=O) groups excluding carboxylic acids is 1. The largest absolute Gasteiger partial charge is 0.490 e. The minimum atomic E-state index is -0.788.